The Morgan fingerprint density at radius 2 is 1.88 bits per heavy atom. The summed E-state index contributed by atoms with van der Waals surface area (Å²) in [5, 5.41) is 18.8. The summed E-state index contributed by atoms with van der Waals surface area (Å²) in [5.74, 6) is -1.78. The third-order valence-electron chi connectivity index (χ3n) is 4.06. The number of hydrogen-bond acceptors (Lipinski definition) is 2. The van der Waals surface area contributed by atoms with Crippen LogP contribution in [0.15, 0.2) is 12.2 Å². The number of aliphatic carboxylic acids is 2. The molecule has 0 aromatic carbocycles. The molecular weight excluding hydrogens is 288 g/mol. The van der Waals surface area contributed by atoms with Crippen LogP contribution in [0.5, 0.6) is 0 Å². The molecule has 0 radical (unpaired) electrons. The molecule has 94 valence electrons. The van der Waals surface area contributed by atoms with Gasteiger partial charge in [-0.1, -0.05) is 28.1 Å². The zero-order chi connectivity index (χ0) is 12.8. The van der Waals surface area contributed by atoms with Crippen molar-refractivity contribution in [1.82, 2.24) is 0 Å². The Labute approximate surface area is 108 Å². The smallest absolute Gasteiger partial charge is 0.314 e. The largest absolute Gasteiger partial charge is 0.481 e. The normalized spacial score (nSPS) is 41.2. The van der Waals surface area contributed by atoms with Crippen LogP contribution < -0.4 is 0 Å². The minimum atomic E-state index is -1.15. The van der Waals surface area contributed by atoms with Gasteiger partial charge in [0.2, 0.25) is 0 Å². The van der Waals surface area contributed by atoms with Gasteiger partial charge in [0, 0.05) is 0 Å². The van der Waals surface area contributed by atoms with E-state index in [1.165, 1.54) is 0 Å². The lowest BCUT2D eigenvalue weighted by Gasteiger charge is -2.43. The van der Waals surface area contributed by atoms with Crippen LogP contribution in [0.1, 0.15) is 26.2 Å². The zero-order valence-corrected chi connectivity index (χ0v) is 11.1. The van der Waals surface area contributed by atoms with Gasteiger partial charge in [-0.3, -0.25) is 9.59 Å². The quantitative estimate of drug-likeness (QED) is 0.619. The fourth-order valence-electron chi connectivity index (χ4n) is 2.74. The van der Waals surface area contributed by atoms with Crippen LogP contribution in [0.3, 0.4) is 0 Å². The highest BCUT2D eigenvalue weighted by Crippen LogP contribution is 2.58. The van der Waals surface area contributed by atoms with E-state index < -0.39 is 27.6 Å². The van der Waals surface area contributed by atoms with E-state index in [-0.39, 0.29) is 5.92 Å². The number of carboxylic acids is 2. The Balaban J connectivity index is 2.47. The predicted octanol–water partition coefficient (Wildman–Crippen LogP) is 2.28. The lowest BCUT2D eigenvalue weighted by atomic mass is 9.63. The number of hydrogen-bond donors (Lipinski definition) is 2. The van der Waals surface area contributed by atoms with E-state index in [2.05, 4.69) is 15.9 Å². The van der Waals surface area contributed by atoms with Crippen LogP contribution in [0.4, 0.5) is 0 Å². The molecule has 2 aliphatic carbocycles. The van der Waals surface area contributed by atoms with Crippen LogP contribution in [0.25, 0.3) is 0 Å². The monoisotopic (exact) mass is 302 g/mol. The summed E-state index contributed by atoms with van der Waals surface area (Å²) in [4.78, 5) is 22.4. The van der Waals surface area contributed by atoms with E-state index in [1.807, 2.05) is 0 Å². The van der Waals surface area contributed by atoms with Crippen molar-refractivity contribution in [2.75, 3.05) is 0 Å². The molecule has 0 saturated heterocycles. The standard InChI is InChI=1S/C12H15BrO4/c1-11(9(14)15)5-2-6-12(8(11)13,10(16)17)7-3-4-7/h2,5,7-8H,3-4,6H2,1H3,(H,14,15)(H,16,17). The highest BCUT2D eigenvalue weighted by atomic mass is 79.9. The van der Waals surface area contributed by atoms with Crippen molar-refractivity contribution in [3.63, 3.8) is 0 Å². The van der Waals surface area contributed by atoms with E-state index >= 15 is 0 Å². The lowest BCUT2D eigenvalue weighted by Crippen LogP contribution is -2.53. The lowest BCUT2D eigenvalue weighted by molar-refractivity contribution is -0.156. The molecule has 0 bridgehead atoms. The van der Waals surface area contributed by atoms with Crippen LogP contribution in [-0.2, 0) is 9.59 Å². The molecule has 3 unspecified atom stereocenters. The Bertz CT molecular complexity index is 401. The van der Waals surface area contributed by atoms with Crippen molar-refractivity contribution in [1.29, 1.82) is 0 Å². The minimum absolute atomic E-state index is 0.0907. The molecule has 2 aliphatic rings. The average molecular weight is 303 g/mol. The molecule has 1 saturated carbocycles. The topological polar surface area (TPSA) is 74.6 Å². The summed E-state index contributed by atoms with van der Waals surface area (Å²) >= 11 is 3.36. The average Bonchev–Trinajstić information content (AvgIpc) is 3.05. The summed E-state index contributed by atoms with van der Waals surface area (Å²) in [6.45, 7) is 1.57. The zero-order valence-electron chi connectivity index (χ0n) is 9.52. The summed E-state index contributed by atoms with van der Waals surface area (Å²) in [5.41, 5.74) is -2.12. The first-order chi connectivity index (χ1) is 7.85. The Morgan fingerprint density at radius 1 is 1.29 bits per heavy atom. The number of allylic oxidation sites excluding steroid dienone is 1. The van der Waals surface area contributed by atoms with Crippen molar-refractivity contribution in [3.05, 3.63) is 12.2 Å². The molecule has 0 spiro atoms. The third kappa shape index (κ3) is 1.63. The Morgan fingerprint density at radius 3 is 2.29 bits per heavy atom. The molecular formula is C12H15BrO4. The molecule has 2 rings (SSSR count). The molecule has 4 nitrogen and oxygen atoms in total. The SMILES string of the molecule is CC1(C(=O)O)C=CCC(C(=O)O)(C2CC2)C1Br. The molecule has 0 aliphatic heterocycles. The first-order valence-corrected chi connectivity index (χ1v) is 6.56. The predicted molar refractivity (Wildman–Crippen MR) is 65.0 cm³/mol. The third-order valence-corrected chi connectivity index (χ3v) is 5.83. The number of carbonyl (C=O) groups is 2. The molecule has 3 atom stereocenters. The first kappa shape index (κ1) is 12.6. The van der Waals surface area contributed by atoms with Gasteiger partial charge in [0.05, 0.1) is 15.7 Å². The van der Waals surface area contributed by atoms with Gasteiger partial charge in [0.25, 0.3) is 0 Å². The van der Waals surface area contributed by atoms with Crippen molar-refractivity contribution < 1.29 is 19.8 Å². The maximum Gasteiger partial charge on any atom is 0.314 e. The maximum absolute atomic E-state index is 11.6. The van der Waals surface area contributed by atoms with Crippen LogP contribution in [-0.4, -0.2) is 27.0 Å². The van der Waals surface area contributed by atoms with Gasteiger partial charge in [-0.2, -0.15) is 0 Å². The van der Waals surface area contributed by atoms with Crippen LogP contribution in [0, 0.1) is 16.7 Å². The number of alkyl halides is 1. The Hall–Kier alpha value is -0.840. The summed E-state index contributed by atoms with van der Waals surface area (Å²) in [6.07, 6.45) is 5.47. The fraction of sp³-hybridized carbons (Fsp3) is 0.667. The highest BCUT2D eigenvalue weighted by Gasteiger charge is 2.62. The molecule has 17 heavy (non-hydrogen) atoms. The second kappa shape index (κ2) is 3.83. The van der Waals surface area contributed by atoms with E-state index in [1.54, 1.807) is 19.1 Å². The van der Waals surface area contributed by atoms with Gasteiger partial charge in [-0.25, -0.2) is 0 Å². The maximum atomic E-state index is 11.6. The molecule has 0 amide bonds. The molecule has 2 N–H and O–H groups in total. The van der Waals surface area contributed by atoms with Crippen molar-refractivity contribution >= 4 is 27.9 Å². The summed E-state index contributed by atoms with van der Waals surface area (Å²) < 4.78 is 0. The first-order valence-electron chi connectivity index (χ1n) is 5.64. The minimum Gasteiger partial charge on any atom is -0.481 e. The van der Waals surface area contributed by atoms with Gasteiger partial charge in [-0.15, -0.1) is 0 Å². The molecule has 1 fully saturated rings. The number of carboxylic acid groups (broad SMARTS) is 2. The fourth-order valence-corrected chi connectivity index (χ4v) is 3.85. The second-order valence-electron chi connectivity index (χ2n) is 5.18. The molecule has 5 heteroatoms. The van der Waals surface area contributed by atoms with Crippen molar-refractivity contribution in [2.45, 2.75) is 31.0 Å². The van der Waals surface area contributed by atoms with Gasteiger partial charge in [0.15, 0.2) is 0 Å². The number of halogens is 1. The summed E-state index contributed by atoms with van der Waals surface area (Å²) in [6, 6.07) is 0. The molecule has 0 heterocycles. The van der Waals surface area contributed by atoms with Gasteiger partial charge in [0.1, 0.15) is 0 Å². The summed E-state index contributed by atoms with van der Waals surface area (Å²) in [7, 11) is 0. The van der Waals surface area contributed by atoms with Crippen molar-refractivity contribution in [3.8, 4) is 0 Å². The van der Waals surface area contributed by atoms with E-state index in [0.29, 0.717) is 6.42 Å². The molecule has 0 aromatic rings. The van der Waals surface area contributed by atoms with Crippen molar-refractivity contribution in [2.24, 2.45) is 16.7 Å². The van der Waals surface area contributed by atoms with Gasteiger partial charge in [-0.05, 0) is 32.1 Å². The van der Waals surface area contributed by atoms with Crippen LogP contribution >= 0.6 is 15.9 Å². The number of rotatable bonds is 3. The second-order valence-corrected chi connectivity index (χ2v) is 6.09. The highest BCUT2D eigenvalue weighted by molar-refractivity contribution is 9.09. The van der Waals surface area contributed by atoms with Crippen LogP contribution in [0.2, 0.25) is 0 Å². The Kier molecular flexibility index (Phi) is 2.84. The van der Waals surface area contributed by atoms with E-state index in [4.69, 9.17) is 0 Å². The van der Waals surface area contributed by atoms with Gasteiger partial charge < -0.3 is 10.2 Å². The van der Waals surface area contributed by atoms with E-state index in [0.717, 1.165) is 12.8 Å². The molecule has 0 aromatic heterocycles. The van der Waals surface area contributed by atoms with Gasteiger partial charge >= 0.3 is 11.9 Å². The van der Waals surface area contributed by atoms with E-state index in [9.17, 15) is 19.8 Å².